The zero-order valence-electron chi connectivity index (χ0n) is 17.1. The van der Waals surface area contributed by atoms with Gasteiger partial charge < -0.3 is 14.6 Å². The third-order valence-corrected chi connectivity index (χ3v) is 6.09. The van der Waals surface area contributed by atoms with Gasteiger partial charge in [-0.1, -0.05) is 29.8 Å². The molecule has 0 aliphatic carbocycles. The molecule has 1 aliphatic rings. The van der Waals surface area contributed by atoms with E-state index in [9.17, 15) is 0 Å². The molecule has 30 heavy (non-hydrogen) atoms. The topological polar surface area (TPSA) is 44.4 Å². The lowest BCUT2D eigenvalue weighted by Gasteiger charge is -2.32. The zero-order chi connectivity index (χ0) is 20.5. The van der Waals surface area contributed by atoms with E-state index in [0.29, 0.717) is 5.15 Å². The maximum absolute atomic E-state index is 6.03. The van der Waals surface area contributed by atoms with Crippen LogP contribution < -0.4 is 4.74 Å². The molecule has 2 aromatic heterocycles. The summed E-state index contributed by atoms with van der Waals surface area (Å²) >= 11 is 6.03. The Balaban J connectivity index is 1.28. The largest absolute Gasteiger partial charge is 0.492 e. The van der Waals surface area contributed by atoms with Crippen LogP contribution in [0.3, 0.4) is 0 Å². The Kier molecular flexibility index (Phi) is 5.34. The minimum absolute atomic E-state index is 0.498. The molecule has 0 amide bonds. The van der Waals surface area contributed by atoms with Gasteiger partial charge in [0.25, 0.3) is 0 Å². The van der Waals surface area contributed by atoms with Gasteiger partial charge in [-0.3, -0.25) is 4.90 Å². The number of H-pyrrole nitrogens is 1. The van der Waals surface area contributed by atoms with Crippen molar-refractivity contribution in [1.82, 2.24) is 19.8 Å². The van der Waals surface area contributed by atoms with Gasteiger partial charge in [0.05, 0.1) is 0 Å². The number of fused-ring (bicyclic) bond motifs is 3. The summed E-state index contributed by atoms with van der Waals surface area (Å²) in [5.41, 5.74) is 4.22. The van der Waals surface area contributed by atoms with E-state index in [2.05, 4.69) is 69.3 Å². The number of pyridine rings is 1. The van der Waals surface area contributed by atoms with Crippen molar-refractivity contribution in [2.24, 2.45) is 0 Å². The van der Waals surface area contributed by atoms with Crippen molar-refractivity contribution in [3.63, 3.8) is 0 Å². The molecule has 6 heteroatoms. The molecule has 5 rings (SSSR count). The Morgan fingerprint density at radius 1 is 0.933 bits per heavy atom. The van der Waals surface area contributed by atoms with E-state index >= 15 is 0 Å². The molecule has 0 unspecified atom stereocenters. The molecular weight excluding hydrogens is 396 g/mol. The highest BCUT2D eigenvalue weighted by atomic mass is 35.5. The Morgan fingerprint density at radius 3 is 2.50 bits per heavy atom. The molecule has 0 saturated carbocycles. The van der Waals surface area contributed by atoms with Crippen molar-refractivity contribution in [2.45, 2.75) is 0 Å². The van der Waals surface area contributed by atoms with E-state index in [1.54, 1.807) is 0 Å². The first kappa shape index (κ1) is 19.4. The number of ether oxygens (including phenoxy) is 1. The number of nitrogens with zero attached hydrogens (tertiary/aromatic N) is 3. The molecule has 0 atom stereocenters. The number of benzene rings is 2. The van der Waals surface area contributed by atoms with Crippen LogP contribution in [-0.2, 0) is 0 Å². The number of hydrogen-bond donors (Lipinski definition) is 1. The lowest BCUT2D eigenvalue weighted by molar-refractivity contribution is 0.134. The Hall–Kier alpha value is -2.60. The van der Waals surface area contributed by atoms with Crippen LogP contribution in [0.1, 0.15) is 0 Å². The van der Waals surface area contributed by atoms with Crippen molar-refractivity contribution >= 4 is 33.5 Å². The number of piperazine rings is 1. The van der Waals surface area contributed by atoms with Crippen molar-refractivity contribution in [3.05, 3.63) is 59.8 Å². The lowest BCUT2D eigenvalue weighted by atomic mass is 10.0. The highest BCUT2D eigenvalue weighted by molar-refractivity contribution is 6.30. The van der Waals surface area contributed by atoms with Gasteiger partial charge in [0.2, 0.25) is 0 Å². The van der Waals surface area contributed by atoms with E-state index in [1.807, 2.05) is 12.1 Å². The molecule has 3 heterocycles. The van der Waals surface area contributed by atoms with Crippen molar-refractivity contribution in [2.75, 3.05) is 46.4 Å². The van der Waals surface area contributed by atoms with E-state index < -0.39 is 0 Å². The fraction of sp³-hybridized carbons (Fsp3) is 0.292. The molecule has 0 spiro atoms. The first-order valence-electron chi connectivity index (χ1n) is 10.4. The first-order valence-corrected chi connectivity index (χ1v) is 10.8. The van der Waals surface area contributed by atoms with Gasteiger partial charge in [-0.2, -0.15) is 0 Å². The number of rotatable bonds is 5. The maximum atomic E-state index is 6.03. The molecule has 154 valence electrons. The first-order chi connectivity index (χ1) is 14.7. The van der Waals surface area contributed by atoms with E-state index in [-0.39, 0.29) is 0 Å². The predicted octanol–water partition coefficient (Wildman–Crippen LogP) is 4.66. The number of halogens is 1. The summed E-state index contributed by atoms with van der Waals surface area (Å²) in [7, 11) is 2.18. The second-order valence-corrected chi connectivity index (χ2v) is 8.32. The van der Waals surface area contributed by atoms with Crippen LogP contribution in [0.4, 0.5) is 0 Å². The van der Waals surface area contributed by atoms with Gasteiger partial charge in [-0.25, -0.2) is 4.98 Å². The Morgan fingerprint density at radius 2 is 1.70 bits per heavy atom. The minimum Gasteiger partial charge on any atom is -0.492 e. The third-order valence-electron chi connectivity index (χ3n) is 5.88. The standard InChI is InChI=1S/C24H25ClN4O/c1-28-10-12-29(13-11-28)14-15-30-19-5-2-17(3-6-19)18-4-8-22-21(16-18)20-7-9-23(25)27-24(20)26-22/h2-9,16H,10-15H2,1H3,(H,26,27). The summed E-state index contributed by atoms with van der Waals surface area (Å²) in [5.74, 6) is 0.917. The highest BCUT2D eigenvalue weighted by Crippen LogP contribution is 2.30. The highest BCUT2D eigenvalue weighted by Gasteiger charge is 2.13. The smallest absolute Gasteiger partial charge is 0.140 e. The molecule has 1 N–H and O–H groups in total. The molecule has 1 fully saturated rings. The van der Waals surface area contributed by atoms with Crippen LogP contribution in [0.15, 0.2) is 54.6 Å². The van der Waals surface area contributed by atoms with Gasteiger partial charge in [-0.05, 0) is 54.6 Å². The number of aromatic amines is 1. The molecular formula is C24H25ClN4O. The molecule has 5 nitrogen and oxygen atoms in total. The number of hydrogen-bond acceptors (Lipinski definition) is 4. The summed E-state index contributed by atoms with van der Waals surface area (Å²) in [6.45, 7) is 6.22. The van der Waals surface area contributed by atoms with Crippen molar-refractivity contribution in [3.8, 4) is 16.9 Å². The van der Waals surface area contributed by atoms with E-state index in [0.717, 1.165) is 67.0 Å². The number of likely N-dealkylation sites (N-methyl/N-ethyl adjacent to an activating group) is 1. The zero-order valence-corrected chi connectivity index (χ0v) is 17.8. The Labute approximate surface area is 181 Å². The SMILES string of the molecule is CN1CCN(CCOc2ccc(-c3ccc4[nH]c5nc(Cl)ccc5c4c3)cc2)CC1. The number of aromatic nitrogens is 2. The summed E-state index contributed by atoms with van der Waals surface area (Å²) in [5, 5.41) is 2.73. The molecule has 2 aromatic carbocycles. The van der Waals surface area contributed by atoms with Crippen LogP contribution in [0.5, 0.6) is 5.75 Å². The second kappa shape index (κ2) is 8.26. The van der Waals surface area contributed by atoms with Gasteiger partial charge in [0.15, 0.2) is 0 Å². The van der Waals surface area contributed by atoms with Gasteiger partial charge in [0, 0.05) is 49.0 Å². The summed E-state index contributed by atoms with van der Waals surface area (Å²) in [4.78, 5) is 12.6. The number of nitrogens with one attached hydrogen (secondary N) is 1. The van der Waals surface area contributed by atoms with Crippen LogP contribution in [0, 0.1) is 0 Å². The molecule has 1 saturated heterocycles. The van der Waals surface area contributed by atoms with Crippen molar-refractivity contribution in [1.29, 1.82) is 0 Å². The van der Waals surface area contributed by atoms with Gasteiger partial charge >= 0.3 is 0 Å². The normalized spacial score (nSPS) is 15.8. The summed E-state index contributed by atoms with van der Waals surface area (Å²) in [6, 6.07) is 18.6. The quantitative estimate of drug-likeness (QED) is 0.477. The lowest BCUT2D eigenvalue weighted by Crippen LogP contribution is -2.45. The Bertz CT molecular complexity index is 1160. The predicted molar refractivity (Wildman–Crippen MR) is 123 cm³/mol. The fourth-order valence-electron chi connectivity index (χ4n) is 4.04. The average Bonchev–Trinajstić information content (AvgIpc) is 3.12. The maximum Gasteiger partial charge on any atom is 0.140 e. The van der Waals surface area contributed by atoms with E-state index in [1.165, 1.54) is 11.1 Å². The second-order valence-electron chi connectivity index (χ2n) is 7.93. The molecule has 4 aromatic rings. The van der Waals surface area contributed by atoms with Gasteiger partial charge in [-0.15, -0.1) is 0 Å². The van der Waals surface area contributed by atoms with E-state index in [4.69, 9.17) is 16.3 Å². The van der Waals surface area contributed by atoms with Gasteiger partial charge in [0.1, 0.15) is 23.2 Å². The summed E-state index contributed by atoms with van der Waals surface area (Å²) in [6.07, 6.45) is 0. The van der Waals surface area contributed by atoms with Crippen molar-refractivity contribution < 1.29 is 4.74 Å². The minimum atomic E-state index is 0.498. The van der Waals surface area contributed by atoms with Crippen LogP contribution >= 0.6 is 11.6 Å². The molecule has 1 aliphatic heterocycles. The van der Waals surface area contributed by atoms with Crippen LogP contribution in [0.25, 0.3) is 33.1 Å². The van der Waals surface area contributed by atoms with Crippen LogP contribution in [0.2, 0.25) is 5.15 Å². The summed E-state index contributed by atoms with van der Waals surface area (Å²) < 4.78 is 5.97. The van der Waals surface area contributed by atoms with Crippen LogP contribution in [-0.4, -0.2) is 66.1 Å². The fourth-order valence-corrected chi connectivity index (χ4v) is 4.19. The molecule has 0 bridgehead atoms. The third kappa shape index (κ3) is 4.01. The average molecular weight is 421 g/mol. The molecule has 0 radical (unpaired) electrons. The monoisotopic (exact) mass is 420 g/mol.